The van der Waals surface area contributed by atoms with Crippen LogP contribution in [0.25, 0.3) is 6.08 Å². The summed E-state index contributed by atoms with van der Waals surface area (Å²) in [5, 5.41) is 0. The van der Waals surface area contributed by atoms with Crippen LogP contribution in [-0.2, 0) is 19.1 Å². The molecule has 1 aromatic carbocycles. The molecule has 0 saturated carbocycles. The predicted molar refractivity (Wildman–Crippen MR) is 84.4 cm³/mol. The van der Waals surface area contributed by atoms with Crippen LogP contribution in [0.2, 0.25) is 0 Å². The van der Waals surface area contributed by atoms with Crippen LogP contribution in [-0.4, -0.2) is 24.1 Å². The third-order valence-corrected chi connectivity index (χ3v) is 3.34. The van der Waals surface area contributed by atoms with E-state index in [1.54, 1.807) is 33.8 Å². The Morgan fingerprint density at radius 2 is 1.68 bits per heavy atom. The molecule has 1 unspecified atom stereocenters. The number of esters is 2. The maximum atomic E-state index is 12.4. The van der Waals surface area contributed by atoms with Crippen LogP contribution >= 0.6 is 0 Å². The smallest absolute Gasteiger partial charge is 0.335 e. The molecule has 4 heteroatoms. The van der Waals surface area contributed by atoms with Crippen molar-refractivity contribution in [3.05, 3.63) is 40.5 Å². The standard InChI is InChI=1S/C18H22O4/c1-10(2)21-17(19)15-9-13-8-12(5)6-7-14(13)16(15)18(20)22-11(3)4/h6-11,16H,1-5H3. The lowest BCUT2D eigenvalue weighted by Crippen LogP contribution is -2.24. The molecule has 22 heavy (non-hydrogen) atoms. The largest absolute Gasteiger partial charge is 0.462 e. The van der Waals surface area contributed by atoms with E-state index in [4.69, 9.17) is 9.47 Å². The molecule has 118 valence electrons. The van der Waals surface area contributed by atoms with Gasteiger partial charge in [0.05, 0.1) is 17.8 Å². The fourth-order valence-corrected chi connectivity index (χ4v) is 2.51. The van der Waals surface area contributed by atoms with E-state index in [0.29, 0.717) is 5.57 Å². The number of ether oxygens (including phenoxy) is 2. The summed E-state index contributed by atoms with van der Waals surface area (Å²) >= 11 is 0. The van der Waals surface area contributed by atoms with Crippen LogP contribution < -0.4 is 0 Å². The molecule has 0 radical (unpaired) electrons. The highest BCUT2D eigenvalue weighted by atomic mass is 16.5. The van der Waals surface area contributed by atoms with Crippen molar-refractivity contribution in [1.29, 1.82) is 0 Å². The first-order chi connectivity index (χ1) is 10.3. The Balaban J connectivity index is 2.40. The van der Waals surface area contributed by atoms with Crippen LogP contribution in [0.1, 0.15) is 50.3 Å². The molecule has 0 fully saturated rings. The molecule has 1 aliphatic rings. The fourth-order valence-electron chi connectivity index (χ4n) is 2.51. The van der Waals surface area contributed by atoms with Gasteiger partial charge in [-0.05, 0) is 51.8 Å². The van der Waals surface area contributed by atoms with Gasteiger partial charge in [0.2, 0.25) is 0 Å². The zero-order valence-electron chi connectivity index (χ0n) is 13.7. The molecule has 0 heterocycles. The molecule has 0 saturated heterocycles. The second kappa shape index (κ2) is 6.34. The molecule has 0 N–H and O–H groups in total. The van der Waals surface area contributed by atoms with Crippen LogP contribution in [0.3, 0.4) is 0 Å². The molecule has 1 atom stereocenters. The quantitative estimate of drug-likeness (QED) is 0.800. The minimum absolute atomic E-state index is 0.232. The lowest BCUT2D eigenvalue weighted by molar-refractivity contribution is -0.151. The van der Waals surface area contributed by atoms with Gasteiger partial charge >= 0.3 is 11.9 Å². The normalized spacial score (nSPS) is 16.5. The van der Waals surface area contributed by atoms with Gasteiger partial charge in [-0.2, -0.15) is 0 Å². The van der Waals surface area contributed by atoms with Gasteiger partial charge in [-0.15, -0.1) is 0 Å². The molecular formula is C18H22O4. The Hall–Kier alpha value is -2.10. The highest BCUT2D eigenvalue weighted by Crippen LogP contribution is 2.38. The Kier molecular flexibility index (Phi) is 4.69. The molecule has 1 aliphatic carbocycles. The van der Waals surface area contributed by atoms with E-state index in [2.05, 4.69) is 0 Å². The van der Waals surface area contributed by atoms with Gasteiger partial charge in [0.25, 0.3) is 0 Å². The van der Waals surface area contributed by atoms with E-state index >= 15 is 0 Å². The van der Waals surface area contributed by atoms with Crippen molar-refractivity contribution in [2.45, 2.75) is 52.7 Å². The highest BCUT2D eigenvalue weighted by molar-refractivity contribution is 6.05. The number of hydrogen-bond donors (Lipinski definition) is 0. The first kappa shape index (κ1) is 16.3. The van der Waals surface area contributed by atoms with Gasteiger partial charge in [0, 0.05) is 0 Å². The van der Waals surface area contributed by atoms with Gasteiger partial charge in [0.1, 0.15) is 5.92 Å². The number of hydrogen-bond acceptors (Lipinski definition) is 4. The van der Waals surface area contributed by atoms with Crippen molar-refractivity contribution in [3.63, 3.8) is 0 Å². The van der Waals surface area contributed by atoms with Crippen LogP contribution in [0.15, 0.2) is 23.8 Å². The summed E-state index contributed by atoms with van der Waals surface area (Å²) in [6, 6.07) is 5.77. The minimum Gasteiger partial charge on any atom is -0.462 e. The Labute approximate surface area is 131 Å². The third-order valence-electron chi connectivity index (χ3n) is 3.34. The molecule has 0 bridgehead atoms. The lowest BCUT2D eigenvalue weighted by atomic mass is 9.95. The zero-order valence-corrected chi connectivity index (χ0v) is 13.7. The second-order valence-corrected chi connectivity index (χ2v) is 6.10. The van der Waals surface area contributed by atoms with Crippen molar-refractivity contribution in [2.75, 3.05) is 0 Å². The number of fused-ring (bicyclic) bond motifs is 1. The van der Waals surface area contributed by atoms with Gasteiger partial charge in [-0.3, -0.25) is 4.79 Å². The topological polar surface area (TPSA) is 52.6 Å². The van der Waals surface area contributed by atoms with Gasteiger partial charge in [0.15, 0.2) is 0 Å². The third kappa shape index (κ3) is 3.38. The average Bonchev–Trinajstić information content (AvgIpc) is 2.75. The number of aryl methyl sites for hydroxylation is 1. The number of benzene rings is 1. The van der Waals surface area contributed by atoms with Crippen molar-refractivity contribution < 1.29 is 19.1 Å². The molecule has 0 spiro atoms. The van der Waals surface area contributed by atoms with Crippen molar-refractivity contribution in [3.8, 4) is 0 Å². The molecule has 0 aliphatic heterocycles. The molecule has 0 aromatic heterocycles. The van der Waals surface area contributed by atoms with Crippen LogP contribution in [0.4, 0.5) is 0 Å². The van der Waals surface area contributed by atoms with Crippen molar-refractivity contribution in [1.82, 2.24) is 0 Å². The second-order valence-electron chi connectivity index (χ2n) is 6.10. The Morgan fingerprint density at radius 1 is 1.05 bits per heavy atom. The van der Waals surface area contributed by atoms with Crippen LogP contribution in [0, 0.1) is 6.92 Å². The maximum absolute atomic E-state index is 12.4. The van der Waals surface area contributed by atoms with E-state index in [9.17, 15) is 9.59 Å². The number of rotatable bonds is 4. The first-order valence-corrected chi connectivity index (χ1v) is 7.53. The first-order valence-electron chi connectivity index (χ1n) is 7.53. The summed E-state index contributed by atoms with van der Waals surface area (Å²) in [5.74, 6) is -1.58. The minimum atomic E-state index is -0.704. The van der Waals surface area contributed by atoms with Gasteiger partial charge in [-0.25, -0.2) is 4.79 Å². The average molecular weight is 302 g/mol. The summed E-state index contributed by atoms with van der Waals surface area (Å²) in [5.41, 5.74) is 3.10. The number of carbonyl (C=O) groups excluding carboxylic acids is 2. The monoisotopic (exact) mass is 302 g/mol. The molecule has 2 rings (SSSR count). The van der Waals surface area contributed by atoms with E-state index in [1.165, 1.54) is 0 Å². The van der Waals surface area contributed by atoms with E-state index in [0.717, 1.165) is 16.7 Å². The lowest BCUT2D eigenvalue weighted by Gasteiger charge is -2.18. The van der Waals surface area contributed by atoms with Crippen molar-refractivity contribution >= 4 is 18.0 Å². The summed E-state index contributed by atoms with van der Waals surface area (Å²) < 4.78 is 10.6. The molecular weight excluding hydrogens is 280 g/mol. The maximum Gasteiger partial charge on any atom is 0.335 e. The van der Waals surface area contributed by atoms with E-state index in [1.807, 2.05) is 25.1 Å². The number of carbonyl (C=O) groups is 2. The van der Waals surface area contributed by atoms with Gasteiger partial charge < -0.3 is 9.47 Å². The SMILES string of the molecule is Cc1ccc2c(c1)C=C(C(=O)OC(C)C)C2C(=O)OC(C)C. The molecule has 0 amide bonds. The predicted octanol–water partition coefficient (Wildman–Crippen LogP) is 3.38. The van der Waals surface area contributed by atoms with Crippen molar-refractivity contribution in [2.24, 2.45) is 0 Å². The zero-order chi connectivity index (χ0) is 16.4. The Bertz CT molecular complexity index is 626. The summed E-state index contributed by atoms with van der Waals surface area (Å²) in [7, 11) is 0. The van der Waals surface area contributed by atoms with Crippen LogP contribution in [0.5, 0.6) is 0 Å². The summed E-state index contributed by atoms with van der Waals surface area (Å²) in [6.45, 7) is 9.12. The Morgan fingerprint density at radius 3 is 2.27 bits per heavy atom. The summed E-state index contributed by atoms with van der Waals surface area (Å²) in [6.07, 6.45) is 1.27. The fraction of sp³-hybridized carbons (Fsp3) is 0.444. The van der Waals surface area contributed by atoms with Gasteiger partial charge in [-0.1, -0.05) is 23.8 Å². The van der Waals surface area contributed by atoms with E-state index in [-0.39, 0.29) is 12.2 Å². The summed E-state index contributed by atoms with van der Waals surface area (Å²) in [4.78, 5) is 24.7. The van der Waals surface area contributed by atoms with E-state index < -0.39 is 17.9 Å². The molecule has 4 nitrogen and oxygen atoms in total. The molecule has 1 aromatic rings. The highest BCUT2D eigenvalue weighted by Gasteiger charge is 2.37.